The smallest absolute Gasteiger partial charge is 0.311 e. The van der Waals surface area contributed by atoms with Crippen LogP contribution in [0, 0.1) is 11.8 Å². The van der Waals surface area contributed by atoms with Gasteiger partial charge >= 0.3 is 11.9 Å². The number of ether oxygens (including phenoxy) is 4. The first-order chi connectivity index (χ1) is 26.0. The predicted octanol–water partition coefficient (Wildman–Crippen LogP) is 1.87. The molecule has 2 bridgehead atoms. The van der Waals surface area contributed by atoms with Crippen LogP contribution >= 0.6 is 0 Å². The van der Waals surface area contributed by atoms with E-state index in [2.05, 4.69) is 0 Å². The second-order valence-corrected chi connectivity index (χ2v) is 14.9. The molecule has 0 aliphatic carbocycles. The van der Waals surface area contributed by atoms with E-state index in [1.807, 2.05) is 26.0 Å². The van der Waals surface area contributed by atoms with E-state index in [1.54, 1.807) is 55.5 Å². The highest BCUT2D eigenvalue weighted by Gasteiger charge is 2.50. The van der Waals surface area contributed by atoms with Crippen molar-refractivity contribution in [3.05, 3.63) is 60.8 Å². The number of hydrogen-bond acceptors (Lipinski definition) is 14. The monoisotopic (exact) mass is 779 g/mol. The predicted molar refractivity (Wildman–Crippen MR) is 200 cm³/mol. The summed E-state index contributed by atoms with van der Waals surface area (Å²) in [6.45, 7) is 5.51. The average Bonchev–Trinajstić information content (AvgIpc) is 3.09. The molecule has 14 atom stereocenters. The number of aliphatic hydroxyl groups is 6. The van der Waals surface area contributed by atoms with Gasteiger partial charge in [0.15, 0.2) is 12.1 Å². The second kappa shape index (κ2) is 22.6. The summed E-state index contributed by atoms with van der Waals surface area (Å²) in [7, 11) is 0. The Morgan fingerprint density at radius 1 is 0.964 bits per heavy atom. The molecule has 310 valence electrons. The maximum Gasteiger partial charge on any atom is 0.311 e. The summed E-state index contributed by atoms with van der Waals surface area (Å²) in [5, 5.41) is 74.7. The number of rotatable bonds is 5. The third-order valence-corrected chi connectivity index (χ3v) is 10.3. The molecule has 0 saturated carbocycles. The quantitative estimate of drug-likeness (QED) is 0.185. The number of nitrogens with two attached hydrogens (primary N) is 1. The SMILES string of the molecule is CC[C@H](C)[C@H]1C/C=C/C=C/C=C/C=C/C=C/[C@H](O[C@H]2O[C@@H](C)[C@H](O)[C@H](N)[C@@H]2O)C[C@@H]2O[C@@](O)(C[C@H](O)CCCC(=O)C[C@H](O)CC(=O)O1)C[C@@H](O)[C@H]2C(=O)O. The summed E-state index contributed by atoms with van der Waals surface area (Å²) in [6.07, 6.45) is 5.42. The summed E-state index contributed by atoms with van der Waals surface area (Å²) in [5.41, 5.74) is 6.00. The number of fused-ring (bicyclic) bond motifs is 2. The molecule has 15 nitrogen and oxygen atoms in total. The number of allylic oxidation sites excluding steroid dienone is 8. The highest BCUT2D eigenvalue weighted by molar-refractivity contribution is 5.80. The van der Waals surface area contributed by atoms with Crippen LogP contribution < -0.4 is 5.73 Å². The molecule has 9 N–H and O–H groups in total. The normalized spacial score (nSPS) is 41.7. The van der Waals surface area contributed by atoms with E-state index < -0.39 is 104 Å². The molecule has 0 aromatic rings. The number of aliphatic carboxylic acids is 1. The van der Waals surface area contributed by atoms with E-state index in [0.717, 1.165) is 6.42 Å². The largest absolute Gasteiger partial charge is 0.481 e. The minimum absolute atomic E-state index is 0.0218. The molecule has 0 aromatic heterocycles. The van der Waals surface area contributed by atoms with Gasteiger partial charge in [-0.25, -0.2) is 0 Å². The first-order valence-electron chi connectivity index (χ1n) is 19.2. The van der Waals surface area contributed by atoms with Gasteiger partial charge in [0.1, 0.15) is 23.9 Å². The van der Waals surface area contributed by atoms with E-state index in [1.165, 1.54) is 0 Å². The maximum atomic E-state index is 12.6. The number of carbonyl (C=O) groups is 3. The Balaban J connectivity index is 1.88. The van der Waals surface area contributed by atoms with Crippen molar-refractivity contribution in [3.63, 3.8) is 0 Å². The highest BCUT2D eigenvalue weighted by Crippen LogP contribution is 2.38. The standard InChI is InChI=1S/C40H61NO14/c1-4-24(2)31-18-13-11-9-7-5-6-8-10-12-17-29(53-39-37(48)35(41)36(47)25(3)52-39)21-32-34(38(49)50)30(45)23-40(51,55-32)22-27(43)16-14-15-26(42)19-28(44)20-33(46)54-31/h5-13,17,24-25,27-32,34-37,39,43-45,47-48,51H,4,14-16,18-23,41H2,1-3H3,(H,49,50)/b6-5+,9-7+,10-8+,13-11+,17-12+/t24-,25-,27+,28-,29-,30+,31+,32-,34+,35-,36-,37-,39+,40-/m0/s1. The van der Waals surface area contributed by atoms with Crippen LogP contribution in [-0.4, -0.2) is 127 Å². The number of Topliss-reactive ketones (excluding diaryl/α,β-unsaturated/α-hetero) is 1. The van der Waals surface area contributed by atoms with Gasteiger partial charge in [-0.3, -0.25) is 14.4 Å². The second-order valence-electron chi connectivity index (χ2n) is 14.9. The van der Waals surface area contributed by atoms with Gasteiger partial charge in [0.05, 0.1) is 55.2 Å². The van der Waals surface area contributed by atoms with Gasteiger partial charge in [-0.1, -0.05) is 81.0 Å². The van der Waals surface area contributed by atoms with Crippen molar-refractivity contribution in [2.75, 3.05) is 0 Å². The number of carbonyl (C=O) groups excluding carboxylic acids is 2. The van der Waals surface area contributed by atoms with Crippen molar-refractivity contribution < 1.29 is 69.1 Å². The molecule has 15 heteroatoms. The fourth-order valence-electron chi connectivity index (χ4n) is 6.89. The Hall–Kier alpha value is -3.09. The number of cyclic esters (lactones) is 1. The molecule has 3 heterocycles. The fraction of sp³-hybridized carbons (Fsp3) is 0.675. The lowest BCUT2D eigenvalue weighted by Gasteiger charge is -2.45. The summed E-state index contributed by atoms with van der Waals surface area (Å²) in [6, 6.07) is -1.10. The average molecular weight is 780 g/mol. The number of hydrogen-bond donors (Lipinski definition) is 8. The number of ketones is 1. The van der Waals surface area contributed by atoms with Crippen LogP contribution in [0.25, 0.3) is 0 Å². The van der Waals surface area contributed by atoms with Crippen molar-refractivity contribution in [1.82, 2.24) is 0 Å². The van der Waals surface area contributed by atoms with Crippen molar-refractivity contribution in [2.45, 2.75) is 158 Å². The van der Waals surface area contributed by atoms with Gasteiger partial charge < -0.3 is 60.4 Å². The van der Waals surface area contributed by atoms with Crippen LogP contribution in [0.3, 0.4) is 0 Å². The Bertz CT molecular complexity index is 1380. The van der Waals surface area contributed by atoms with Gasteiger partial charge in [0, 0.05) is 38.5 Å². The van der Waals surface area contributed by atoms with Gasteiger partial charge in [-0.05, 0) is 25.7 Å². The molecule has 2 fully saturated rings. The van der Waals surface area contributed by atoms with Crippen molar-refractivity contribution in [3.8, 4) is 0 Å². The molecule has 3 aliphatic heterocycles. The van der Waals surface area contributed by atoms with Gasteiger partial charge in [-0.15, -0.1) is 0 Å². The molecule has 55 heavy (non-hydrogen) atoms. The zero-order valence-electron chi connectivity index (χ0n) is 31.9. The Morgan fingerprint density at radius 2 is 1.62 bits per heavy atom. The summed E-state index contributed by atoms with van der Waals surface area (Å²) in [4.78, 5) is 37.6. The van der Waals surface area contributed by atoms with E-state index in [9.17, 15) is 50.1 Å². The lowest BCUT2D eigenvalue weighted by Crippen LogP contribution is -2.61. The Labute approximate surface area is 322 Å². The molecule has 0 radical (unpaired) electrons. The van der Waals surface area contributed by atoms with Crippen LogP contribution in [0.4, 0.5) is 0 Å². The molecule has 2 saturated heterocycles. The minimum Gasteiger partial charge on any atom is -0.481 e. The maximum absolute atomic E-state index is 12.6. The van der Waals surface area contributed by atoms with Crippen LogP contribution in [0.15, 0.2) is 60.8 Å². The number of esters is 1. The number of carboxylic acid groups (broad SMARTS) is 1. The number of aliphatic hydroxyl groups excluding tert-OH is 5. The first kappa shape index (κ1) is 46.3. The fourth-order valence-corrected chi connectivity index (χ4v) is 6.89. The molecular weight excluding hydrogens is 718 g/mol. The molecule has 3 rings (SSSR count). The first-order valence-corrected chi connectivity index (χ1v) is 19.2. The zero-order chi connectivity index (χ0) is 40.7. The van der Waals surface area contributed by atoms with Gasteiger partial charge in [-0.2, -0.15) is 0 Å². The molecule has 3 aliphatic rings. The number of carboxylic acids is 1. The Kier molecular flexibility index (Phi) is 19.0. The lowest BCUT2D eigenvalue weighted by atomic mass is 9.83. The minimum atomic E-state index is -2.16. The van der Waals surface area contributed by atoms with E-state index >= 15 is 0 Å². The summed E-state index contributed by atoms with van der Waals surface area (Å²) < 4.78 is 23.3. The van der Waals surface area contributed by atoms with Crippen LogP contribution in [0.5, 0.6) is 0 Å². The van der Waals surface area contributed by atoms with Crippen LogP contribution in [0.2, 0.25) is 0 Å². The molecule has 0 amide bonds. The molecular formula is C40H61NO14. The van der Waals surface area contributed by atoms with Gasteiger partial charge in [0.2, 0.25) is 0 Å². The summed E-state index contributed by atoms with van der Waals surface area (Å²) >= 11 is 0. The zero-order valence-corrected chi connectivity index (χ0v) is 31.9. The van der Waals surface area contributed by atoms with E-state index in [-0.39, 0.29) is 50.2 Å². The third kappa shape index (κ3) is 15.1. The van der Waals surface area contributed by atoms with E-state index in [0.29, 0.717) is 6.42 Å². The molecule has 0 aromatic carbocycles. The van der Waals surface area contributed by atoms with Gasteiger partial charge in [0.25, 0.3) is 0 Å². The van der Waals surface area contributed by atoms with Crippen molar-refractivity contribution in [1.29, 1.82) is 0 Å². The van der Waals surface area contributed by atoms with Crippen molar-refractivity contribution in [2.24, 2.45) is 17.6 Å². The Morgan fingerprint density at radius 3 is 2.27 bits per heavy atom. The van der Waals surface area contributed by atoms with Crippen LogP contribution in [-0.2, 0) is 33.3 Å². The molecule has 0 unspecified atom stereocenters. The lowest BCUT2D eigenvalue weighted by molar-refractivity contribution is -0.308. The third-order valence-electron chi connectivity index (χ3n) is 10.3. The molecule has 0 spiro atoms. The van der Waals surface area contributed by atoms with E-state index in [4.69, 9.17) is 24.7 Å². The highest BCUT2D eigenvalue weighted by atomic mass is 16.7. The van der Waals surface area contributed by atoms with Crippen molar-refractivity contribution >= 4 is 17.7 Å². The van der Waals surface area contributed by atoms with Crippen LogP contribution in [0.1, 0.15) is 85.0 Å². The summed E-state index contributed by atoms with van der Waals surface area (Å²) in [5.74, 6) is -5.93. The topological polar surface area (TPSA) is 256 Å².